The molecule has 0 saturated heterocycles. The van der Waals surface area contributed by atoms with Crippen molar-refractivity contribution >= 4 is 9.84 Å². The molecular weight excluding hydrogens is 259 g/mol. The maximum absolute atomic E-state index is 13.1. The highest BCUT2D eigenvalue weighted by molar-refractivity contribution is 7.91. The van der Waals surface area contributed by atoms with Gasteiger partial charge < -0.3 is 9.84 Å². The van der Waals surface area contributed by atoms with Crippen molar-refractivity contribution in [2.24, 2.45) is 0 Å². The highest BCUT2D eigenvalue weighted by Crippen LogP contribution is 2.16. The van der Waals surface area contributed by atoms with Crippen LogP contribution < -0.4 is 4.74 Å². The Kier molecular flexibility index (Phi) is 5.55. The summed E-state index contributed by atoms with van der Waals surface area (Å²) in [6, 6.07) is 3.84. The van der Waals surface area contributed by atoms with Gasteiger partial charge in [0.15, 0.2) is 9.84 Å². The number of aliphatic hydroxyl groups is 1. The standard InChI is InChI=1S/C12H17FO4S/c1-2-4-18(15,16)5-3-17-12-7-10(9-14)6-11(13)8-12/h6-8,14H,2-5,9H2,1H3. The van der Waals surface area contributed by atoms with Crippen LogP contribution in [-0.4, -0.2) is 31.6 Å². The van der Waals surface area contributed by atoms with Gasteiger partial charge >= 0.3 is 0 Å². The van der Waals surface area contributed by atoms with E-state index in [2.05, 4.69) is 0 Å². The topological polar surface area (TPSA) is 63.6 Å². The van der Waals surface area contributed by atoms with Crippen molar-refractivity contribution in [3.63, 3.8) is 0 Å². The lowest BCUT2D eigenvalue weighted by Gasteiger charge is -2.08. The highest BCUT2D eigenvalue weighted by atomic mass is 32.2. The Labute approximate surface area is 106 Å². The predicted molar refractivity (Wildman–Crippen MR) is 66.8 cm³/mol. The summed E-state index contributed by atoms with van der Waals surface area (Å²) in [4.78, 5) is 0. The summed E-state index contributed by atoms with van der Waals surface area (Å²) in [7, 11) is -3.10. The van der Waals surface area contributed by atoms with Gasteiger partial charge in [0.05, 0.1) is 18.1 Å². The molecule has 102 valence electrons. The van der Waals surface area contributed by atoms with Gasteiger partial charge in [-0.25, -0.2) is 12.8 Å². The fourth-order valence-electron chi connectivity index (χ4n) is 1.49. The normalized spacial score (nSPS) is 11.5. The molecule has 1 N–H and O–H groups in total. The van der Waals surface area contributed by atoms with Gasteiger partial charge in [0.1, 0.15) is 18.2 Å². The quantitative estimate of drug-likeness (QED) is 0.820. The first-order chi connectivity index (χ1) is 8.46. The van der Waals surface area contributed by atoms with E-state index in [9.17, 15) is 12.8 Å². The Bertz CT molecular complexity index is 485. The van der Waals surface area contributed by atoms with Crippen LogP contribution in [0, 0.1) is 5.82 Å². The summed E-state index contributed by atoms with van der Waals surface area (Å²) in [6.45, 7) is 1.48. The molecule has 18 heavy (non-hydrogen) atoms. The predicted octanol–water partition coefficient (Wildman–Crippen LogP) is 1.52. The Morgan fingerprint density at radius 1 is 1.28 bits per heavy atom. The van der Waals surface area contributed by atoms with Crippen molar-refractivity contribution in [1.82, 2.24) is 0 Å². The minimum atomic E-state index is -3.10. The fourth-order valence-corrected chi connectivity index (χ4v) is 2.66. The van der Waals surface area contributed by atoms with Crippen molar-refractivity contribution in [3.8, 4) is 5.75 Å². The Morgan fingerprint density at radius 3 is 2.61 bits per heavy atom. The average molecular weight is 276 g/mol. The van der Waals surface area contributed by atoms with Crippen LogP contribution in [-0.2, 0) is 16.4 Å². The van der Waals surface area contributed by atoms with Crippen molar-refractivity contribution < 1.29 is 22.7 Å². The number of sulfone groups is 1. The van der Waals surface area contributed by atoms with Gasteiger partial charge in [-0.3, -0.25) is 0 Å². The Hall–Kier alpha value is -1.14. The van der Waals surface area contributed by atoms with Crippen molar-refractivity contribution in [2.45, 2.75) is 20.0 Å². The zero-order valence-corrected chi connectivity index (χ0v) is 11.0. The van der Waals surface area contributed by atoms with Crippen LogP contribution in [0.1, 0.15) is 18.9 Å². The highest BCUT2D eigenvalue weighted by Gasteiger charge is 2.09. The van der Waals surface area contributed by atoms with Gasteiger partial charge in [0, 0.05) is 6.07 Å². The molecule has 1 aromatic rings. The maximum atomic E-state index is 13.1. The molecule has 0 radical (unpaired) electrons. The third-order valence-corrected chi connectivity index (χ3v) is 4.11. The van der Waals surface area contributed by atoms with Gasteiger partial charge in [-0.1, -0.05) is 6.92 Å². The van der Waals surface area contributed by atoms with E-state index < -0.39 is 15.7 Å². The Morgan fingerprint density at radius 2 is 2.00 bits per heavy atom. The molecule has 1 aromatic carbocycles. The number of aliphatic hydroxyl groups excluding tert-OH is 1. The van der Waals surface area contributed by atoms with Gasteiger partial charge in [-0.2, -0.15) is 0 Å². The molecule has 4 nitrogen and oxygen atoms in total. The lowest BCUT2D eigenvalue weighted by molar-refractivity contribution is 0.279. The molecule has 0 aliphatic carbocycles. The van der Waals surface area contributed by atoms with E-state index in [0.717, 1.165) is 6.07 Å². The minimum absolute atomic E-state index is 0.0172. The number of halogens is 1. The number of ether oxygens (including phenoxy) is 1. The van der Waals surface area contributed by atoms with E-state index >= 15 is 0 Å². The monoisotopic (exact) mass is 276 g/mol. The van der Waals surface area contributed by atoms with Crippen molar-refractivity contribution in [1.29, 1.82) is 0 Å². The molecule has 6 heteroatoms. The van der Waals surface area contributed by atoms with E-state index in [0.29, 0.717) is 12.0 Å². The summed E-state index contributed by atoms with van der Waals surface area (Å²) >= 11 is 0. The van der Waals surface area contributed by atoms with Crippen LogP contribution >= 0.6 is 0 Å². The Balaban J connectivity index is 2.56. The van der Waals surface area contributed by atoms with Crippen LogP contribution in [0.3, 0.4) is 0 Å². The van der Waals surface area contributed by atoms with Crippen molar-refractivity contribution in [2.75, 3.05) is 18.1 Å². The minimum Gasteiger partial charge on any atom is -0.492 e. The van der Waals surface area contributed by atoms with E-state index in [1.165, 1.54) is 12.1 Å². The lowest BCUT2D eigenvalue weighted by atomic mass is 10.2. The second-order valence-electron chi connectivity index (χ2n) is 3.95. The molecule has 0 aromatic heterocycles. The summed E-state index contributed by atoms with van der Waals surface area (Å²) in [6.07, 6.45) is 0.566. The summed E-state index contributed by atoms with van der Waals surface area (Å²) < 4.78 is 41.1. The van der Waals surface area contributed by atoms with Crippen LogP contribution in [0.15, 0.2) is 18.2 Å². The van der Waals surface area contributed by atoms with Crippen LogP contribution in [0.5, 0.6) is 5.75 Å². The second kappa shape index (κ2) is 6.70. The fraction of sp³-hybridized carbons (Fsp3) is 0.500. The molecule has 0 heterocycles. The van der Waals surface area contributed by atoms with E-state index in [1.54, 1.807) is 6.92 Å². The third kappa shape index (κ3) is 5.01. The first-order valence-electron chi connectivity index (χ1n) is 5.70. The largest absolute Gasteiger partial charge is 0.492 e. The molecule has 0 atom stereocenters. The first-order valence-corrected chi connectivity index (χ1v) is 7.52. The SMILES string of the molecule is CCCS(=O)(=O)CCOc1cc(F)cc(CO)c1. The average Bonchev–Trinajstić information content (AvgIpc) is 2.27. The van der Waals surface area contributed by atoms with E-state index in [1.807, 2.05) is 0 Å². The molecule has 0 saturated carbocycles. The lowest BCUT2D eigenvalue weighted by Crippen LogP contribution is -2.16. The maximum Gasteiger partial charge on any atom is 0.153 e. The molecule has 0 fully saturated rings. The number of benzene rings is 1. The number of hydrogen-bond acceptors (Lipinski definition) is 4. The molecule has 0 aliphatic rings. The zero-order valence-electron chi connectivity index (χ0n) is 10.2. The molecular formula is C12H17FO4S. The number of hydrogen-bond donors (Lipinski definition) is 1. The molecule has 1 rings (SSSR count). The molecule has 0 spiro atoms. The summed E-state index contributed by atoms with van der Waals surface area (Å²) in [5.41, 5.74) is 0.390. The summed E-state index contributed by atoms with van der Waals surface area (Å²) in [5.74, 6) is -0.258. The van der Waals surface area contributed by atoms with Crippen LogP contribution in [0.2, 0.25) is 0 Å². The third-order valence-electron chi connectivity index (χ3n) is 2.29. The van der Waals surface area contributed by atoms with Gasteiger partial charge in [0.2, 0.25) is 0 Å². The number of rotatable bonds is 7. The van der Waals surface area contributed by atoms with Crippen LogP contribution in [0.4, 0.5) is 4.39 Å². The van der Waals surface area contributed by atoms with Crippen LogP contribution in [0.25, 0.3) is 0 Å². The zero-order chi connectivity index (χ0) is 13.6. The smallest absolute Gasteiger partial charge is 0.153 e. The molecule has 0 aliphatic heterocycles. The van der Waals surface area contributed by atoms with Gasteiger partial charge in [-0.05, 0) is 24.1 Å². The molecule has 0 bridgehead atoms. The first kappa shape index (κ1) is 14.9. The van der Waals surface area contributed by atoms with Crippen molar-refractivity contribution in [3.05, 3.63) is 29.6 Å². The van der Waals surface area contributed by atoms with Gasteiger partial charge in [-0.15, -0.1) is 0 Å². The second-order valence-corrected chi connectivity index (χ2v) is 6.26. The van der Waals surface area contributed by atoms with E-state index in [-0.39, 0.29) is 30.5 Å². The summed E-state index contributed by atoms with van der Waals surface area (Å²) in [5, 5.41) is 8.89. The molecule has 0 amide bonds. The molecule has 0 unspecified atom stereocenters. The van der Waals surface area contributed by atoms with Gasteiger partial charge in [0.25, 0.3) is 0 Å². The van der Waals surface area contributed by atoms with E-state index in [4.69, 9.17) is 9.84 Å².